The number of fused-ring (bicyclic) bond motifs is 1. The fourth-order valence-corrected chi connectivity index (χ4v) is 3.48. The van der Waals surface area contributed by atoms with E-state index in [1.807, 2.05) is 0 Å². The van der Waals surface area contributed by atoms with Gasteiger partial charge in [0.05, 0.1) is 11.1 Å². The second-order valence-electron chi connectivity index (χ2n) is 6.96. The van der Waals surface area contributed by atoms with Crippen LogP contribution in [-0.4, -0.2) is 35.4 Å². The minimum Gasteiger partial charge on any atom is -0.423 e. The lowest BCUT2D eigenvalue weighted by Gasteiger charge is -2.19. The molecule has 1 aliphatic heterocycles. The Morgan fingerprint density at radius 1 is 1.24 bits per heavy atom. The number of nitrogens with one attached hydrogen (secondary N) is 1. The molecule has 9 heteroatoms. The van der Waals surface area contributed by atoms with Crippen molar-refractivity contribution >= 4 is 23.0 Å². The van der Waals surface area contributed by atoms with Crippen molar-refractivity contribution in [2.75, 3.05) is 25.0 Å². The van der Waals surface area contributed by atoms with Gasteiger partial charge in [-0.2, -0.15) is 18.2 Å². The van der Waals surface area contributed by atoms with Crippen molar-refractivity contribution in [2.24, 2.45) is 5.92 Å². The van der Waals surface area contributed by atoms with Crippen LogP contribution in [0.5, 0.6) is 0 Å². The smallest absolute Gasteiger partial charge is 0.417 e. The highest BCUT2D eigenvalue weighted by molar-refractivity contribution is 5.96. The van der Waals surface area contributed by atoms with Crippen LogP contribution in [0.2, 0.25) is 0 Å². The SMILES string of the molecule is O=C(c1ccccc1C(F)(F)F)N1CC[C@@H](CNc2nc3ccc(F)cc3o2)C1. The largest absolute Gasteiger partial charge is 0.423 e. The molecule has 0 radical (unpaired) electrons. The van der Waals surface area contributed by atoms with Crippen LogP contribution < -0.4 is 5.32 Å². The Labute approximate surface area is 163 Å². The Balaban J connectivity index is 1.39. The third-order valence-electron chi connectivity index (χ3n) is 4.93. The van der Waals surface area contributed by atoms with Crippen molar-refractivity contribution in [3.63, 3.8) is 0 Å². The molecule has 1 aliphatic rings. The summed E-state index contributed by atoms with van der Waals surface area (Å²) in [5, 5.41) is 3.01. The van der Waals surface area contributed by atoms with E-state index in [4.69, 9.17) is 4.42 Å². The van der Waals surface area contributed by atoms with Crippen molar-refractivity contribution in [2.45, 2.75) is 12.6 Å². The van der Waals surface area contributed by atoms with Crippen LogP contribution in [-0.2, 0) is 6.18 Å². The molecule has 152 valence electrons. The van der Waals surface area contributed by atoms with Crippen LogP contribution in [0.4, 0.5) is 23.6 Å². The van der Waals surface area contributed by atoms with Crippen molar-refractivity contribution in [1.82, 2.24) is 9.88 Å². The average molecular weight is 407 g/mol. The molecule has 3 aromatic rings. The van der Waals surface area contributed by atoms with Gasteiger partial charge in [0, 0.05) is 25.7 Å². The van der Waals surface area contributed by atoms with Gasteiger partial charge in [-0.25, -0.2) is 4.39 Å². The number of anilines is 1. The molecule has 0 spiro atoms. The number of hydrogen-bond acceptors (Lipinski definition) is 4. The molecule has 1 atom stereocenters. The van der Waals surface area contributed by atoms with Crippen LogP contribution in [0.15, 0.2) is 46.9 Å². The number of oxazole rings is 1. The van der Waals surface area contributed by atoms with Gasteiger partial charge in [0.25, 0.3) is 11.9 Å². The molecule has 1 amide bonds. The lowest BCUT2D eigenvalue weighted by atomic mass is 10.1. The number of likely N-dealkylation sites (tertiary alicyclic amines) is 1. The predicted octanol–water partition coefficient (Wildman–Crippen LogP) is 4.56. The number of nitrogens with zero attached hydrogens (tertiary/aromatic N) is 2. The van der Waals surface area contributed by atoms with Crippen LogP contribution in [0.25, 0.3) is 11.1 Å². The summed E-state index contributed by atoms with van der Waals surface area (Å²) in [4.78, 5) is 18.3. The highest BCUT2D eigenvalue weighted by Crippen LogP contribution is 2.33. The van der Waals surface area contributed by atoms with Gasteiger partial charge in [0.1, 0.15) is 11.3 Å². The van der Waals surface area contributed by atoms with Gasteiger partial charge in [-0.1, -0.05) is 12.1 Å². The molecule has 1 N–H and O–H groups in total. The number of halogens is 4. The highest BCUT2D eigenvalue weighted by atomic mass is 19.4. The Bertz CT molecular complexity index is 1050. The molecule has 0 saturated carbocycles. The molecule has 1 fully saturated rings. The molecule has 2 heterocycles. The first-order chi connectivity index (χ1) is 13.8. The predicted molar refractivity (Wildman–Crippen MR) is 97.9 cm³/mol. The minimum atomic E-state index is -4.58. The standard InChI is InChI=1S/C20H17F4N3O2/c21-13-5-6-16-17(9-13)29-19(26-16)25-10-12-7-8-27(11-12)18(28)14-3-1-2-4-15(14)20(22,23)24/h1-6,9,12H,7-8,10-11H2,(H,25,26)/t12-/m0/s1. The Morgan fingerprint density at radius 3 is 2.83 bits per heavy atom. The van der Waals surface area contributed by atoms with Crippen LogP contribution in [0.3, 0.4) is 0 Å². The summed E-state index contributed by atoms with van der Waals surface area (Å²) in [5.74, 6) is -1.02. The summed E-state index contributed by atoms with van der Waals surface area (Å²) in [6.45, 7) is 1.13. The van der Waals surface area contributed by atoms with E-state index in [2.05, 4.69) is 10.3 Å². The summed E-state index contributed by atoms with van der Waals surface area (Å²) >= 11 is 0. The van der Waals surface area contributed by atoms with Crippen LogP contribution in [0.1, 0.15) is 22.3 Å². The summed E-state index contributed by atoms with van der Waals surface area (Å²) in [7, 11) is 0. The molecule has 0 unspecified atom stereocenters. The summed E-state index contributed by atoms with van der Waals surface area (Å²) in [6, 6.07) is 9.07. The molecule has 2 aromatic carbocycles. The first-order valence-electron chi connectivity index (χ1n) is 9.07. The first kappa shape index (κ1) is 19.2. The average Bonchev–Trinajstić information content (AvgIpc) is 3.31. The van der Waals surface area contributed by atoms with E-state index >= 15 is 0 Å². The van der Waals surface area contributed by atoms with Crippen LogP contribution >= 0.6 is 0 Å². The molecule has 4 rings (SSSR count). The van der Waals surface area contributed by atoms with Gasteiger partial charge in [-0.3, -0.25) is 4.79 Å². The van der Waals surface area contributed by atoms with E-state index in [9.17, 15) is 22.4 Å². The van der Waals surface area contributed by atoms with E-state index in [1.165, 1.54) is 41.3 Å². The van der Waals surface area contributed by atoms with E-state index in [0.29, 0.717) is 37.2 Å². The zero-order valence-corrected chi connectivity index (χ0v) is 15.2. The molecule has 0 aliphatic carbocycles. The van der Waals surface area contributed by atoms with Gasteiger partial charge in [-0.05, 0) is 36.6 Å². The van der Waals surface area contributed by atoms with Crippen molar-refractivity contribution < 1.29 is 26.8 Å². The maximum absolute atomic E-state index is 13.2. The second-order valence-corrected chi connectivity index (χ2v) is 6.96. The number of carbonyl (C=O) groups excluding carboxylic acids is 1. The van der Waals surface area contributed by atoms with Gasteiger partial charge >= 0.3 is 6.18 Å². The van der Waals surface area contributed by atoms with Gasteiger partial charge in [0.15, 0.2) is 5.58 Å². The quantitative estimate of drug-likeness (QED) is 0.645. The molecular weight excluding hydrogens is 390 g/mol. The lowest BCUT2D eigenvalue weighted by Crippen LogP contribution is -2.31. The van der Waals surface area contributed by atoms with Gasteiger partial charge < -0.3 is 14.6 Å². The third-order valence-corrected chi connectivity index (χ3v) is 4.93. The van der Waals surface area contributed by atoms with Crippen molar-refractivity contribution in [3.05, 3.63) is 59.4 Å². The monoisotopic (exact) mass is 407 g/mol. The van der Waals surface area contributed by atoms with E-state index < -0.39 is 23.5 Å². The van der Waals surface area contributed by atoms with Gasteiger partial charge in [-0.15, -0.1) is 0 Å². The number of alkyl halides is 3. The maximum atomic E-state index is 13.2. The summed E-state index contributed by atoms with van der Waals surface area (Å²) in [5.41, 5.74) is -0.430. The number of rotatable bonds is 4. The molecule has 1 aromatic heterocycles. The lowest BCUT2D eigenvalue weighted by molar-refractivity contribution is -0.138. The first-order valence-corrected chi connectivity index (χ1v) is 9.07. The number of amides is 1. The number of hydrogen-bond donors (Lipinski definition) is 1. The third kappa shape index (κ3) is 4.03. The van der Waals surface area contributed by atoms with Crippen molar-refractivity contribution in [1.29, 1.82) is 0 Å². The van der Waals surface area contributed by atoms with E-state index in [-0.39, 0.29) is 17.5 Å². The number of benzene rings is 2. The number of carbonyl (C=O) groups is 1. The van der Waals surface area contributed by atoms with Crippen LogP contribution in [0, 0.1) is 11.7 Å². The van der Waals surface area contributed by atoms with E-state index in [1.54, 1.807) is 0 Å². The molecule has 0 bridgehead atoms. The molecule has 29 heavy (non-hydrogen) atoms. The fraction of sp³-hybridized carbons (Fsp3) is 0.300. The van der Waals surface area contributed by atoms with E-state index in [0.717, 1.165) is 6.07 Å². The molecular formula is C20H17F4N3O2. The Hall–Kier alpha value is -3.10. The fourth-order valence-electron chi connectivity index (χ4n) is 3.48. The van der Waals surface area contributed by atoms with Gasteiger partial charge in [0.2, 0.25) is 0 Å². The Kier molecular flexibility index (Phi) is 4.89. The molecule has 5 nitrogen and oxygen atoms in total. The topological polar surface area (TPSA) is 58.4 Å². The summed E-state index contributed by atoms with van der Waals surface area (Å²) < 4.78 is 58.2. The zero-order chi connectivity index (χ0) is 20.6. The summed E-state index contributed by atoms with van der Waals surface area (Å²) in [6.07, 6.45) is -3.94. The Morgan fingerprint density at radius 2 is 2.03 bits per heavy atom. The maximum Gasteiger partial charge on any atom is 0.417 e. The normalized spacial score (nSPS) is 17.1. The number of aromatic nitrogens is 1. The second kappa shape index (κ2) is 7.38. The minimum absolute atomic E-state index is 0.0312. The van der Waals surface area contributed by atoms with Crippen molar-refractivity contribution in [3.8, 4) is 0 Å². The zero-order valence-electron chi connectivity index (χ0n) is 15.2. The molecule has 1 saturated heterocycles. The highest BCUT2D eigenvalue weighted by Gasteiger charge is 2.37.